The lowest BCUT2D eigenvalue weighted by Crippen LogP contribution is -2.50. The van der Waals surface area contributed by atoms with Crippen molar-refractivity contribution in [3.05, 3.63) is 71.3 Å². The van der Waals surface area contributed by atoms with E-state index < -0.39 is 5.97 Å². The first-order valence-corrected chi connectivity index (χ1v) is 12.5. The fraction of sp³-hybridized carbons (Fsp3) is 0.536. The van der Waals surface area contributed by atoms with Crippen molar-refractivity contribution in [1.29, 1.82) is 0 Å². The molecule has 2 aromatic rings. The van der Waals surface area contributed by atoms with E-state index in [-0.39, 0.29) is 5.41 Å². The minimum absolute atomic E-state index is 0.169. The van der Waals surface area contributed by atoms with Crippen LogP contribution in [-0.2, 0) is 11.2 Å². The zero-order valence-electron chi connectivity index (χ0n) is 19.4. The van der Waals surface area contributed by atoms with E-state index in [2.05, 4.69) is 46.6 Å². The predicted octanol–water partition coefficient (Wildman–Crippen LogP) is 4.33. The van der Waals surface area contributed by atoms with Crippen LogP contribution in [-0.4, -0.2) is 60.9 Å². The van der Waals surface area contributed by atoms with Gasteiger partial charge >= 0.3 is 5.97 Å². The van der Waals surface area contributed by atoms with Gasteiger partial charge in [0.2, 0.25) is 0 Å². The Hall–Kier alpha value is -2.21. The lowest BCUT2D eigenvalue weighted by molar-refractivity contribution is 0.00526. The van der Waals surface area contributed by atoms with Gasteiger partial charge in [-0.2, -0.15) is 0 Å². The minimum Gasteiger partial charge on any atom is -0.478 e. The highest BCUT2D eigenvalue weighted by atomic mass is 16.5. The first kappa shape index (κ1) is 22.6. The Morgan fingerprint density at radius 1 is 1.06 bits per heavy atom. The first-order valence-electron chi connectivity index (χ1n) is 12.5. The molecule has 0 bridgehead atoms. The highest BCUT2D eigenvalue weighted by Crippen LogP contribution is 2.42. The van der Waals surface area contributed by atoms with Crippen LogP contribution in [0, 0.1) is 5.41 Å². The molecule has 5 rings (SSSR count). The summed E-state index contributed by atoms with van der Waals surface area (Å²) in [7, 11) is 0. The average molecular weight is 449 g/mol. The summed E-state index contributed by atoms with van der Waals surface area (Å²) in [5.41, 5.74) is 3.14. The van der Waals surface area contributed by atoms with Crippen LogP contribution in [0.3, 0.4) is 0 Å². The van der Waals surface area contributed by atoms with Gasteiger partial charge in [0.15, 0.2) is 0 Å². The molecule has 1 aliphatic carbocycles. The van der Waals surface area contributed by atoms with Crippen LogP contribution in [0.15, 0.2) is 54.6 Å². The number of carboxylic acid groups (broad SMARTS) is 1. The van der Waals surface area contributed by atoms with E-state index in [1.807, 2.05) is 12.1 Å². The van der Waals surface area contributed by atoms with Crippen molar-refractivity contribution in [2.45, 2.75) is 56.5 Å². The fourth-order valence-corrected chi connectivity index (χ4v) is 5.91. The van der Waals surface area contributed by atoms with E-state index in [0.29, 0.717) is 23.6 Å². The predicted molar refractivity (Wildman–Crippen MR) is 130 cm³/mol. The molecule has 2 aliphatic heterocycles. The van der Waals surface area contributed by atoms with Crippen molar-refractivity contribution in [3.8, 4) is 0 Å². The van der Waals surface area contributed by atoms with Gasteiger partial charge in [0.05, 0.1) is 5.56 Å². The molecule has 1 saturated carbocycles. The SMILES string of the molecule is O=C(O)c1cccc(CC2(CN[C@@H]3CC3c3ccccc3)CCN(C3CCOCC3)CC2)c1. The molecule has 3 fully saturated rings. The second kappa shape index (κ2) is 9.96. The number of carbonyl (C=O) groups is 1. The number of ether oxygens (including phenoxy) is 1. The molecule has 2 N–H and O–H groups in total. The van der Waals surface area contributed by atoms with Crippen LogP contribution in [0.25, 0.3) is 0 Å². The summed E-state index contributed by atoms with van der Waals surface area (Å²) in [6.45, 7) is 5.02. The van der Waals surface area contributed by atoms with Gasteiger partial charge in [-0.25, -0.2) is 4.79 Å². The van der Waals surface area contributed by atoms with Crippen molar-refractivity contribution < 1.29 is 14.6 Å². The molecule has 2 saturated heterocycles. The molecule has 0 spiro atoms. The minimum atomic E-state index is -0.845. The van der Waals surface area contributed by atoms with Gasteiger partial charge in [-0.15, -0.1) is 0 Å². The topological polar surface area (TPSA) is 61.8 Å². The van der Waals surface area contributed by atoms with Crippen LogP contribution in [0.5, 0.6) is 0 Å². The van der Waals surface area contributed by atoms with Crippen molar-refractivity contribution >= 4 is 5.97 Å². The Balaban J connectivity index is 1.26. The van der Waals surface area contributed by atoms with Crippen molar-refractivity contribution in [1.82, 2.24) is 10.2 Å². The van der Waals surface area contributed by atoms with E-state index in [9.17, 15) is 9.90 Å². The van der Waals surface area contributed by atoms with Crippen molar-refractivity contribution in [2.24, 2.45) is 5.41 Å². The third kappa shape index (κ3) is 5.48. The summed E-state index contributed by atoms with van der Waals surface area (Å²) >= 11 is 0. The number of hydrogen-bond donors (Lipinski definition) is 2. The van der Waals surface area contributed by atoms with E-state index in [1.165, 1.54) is 12.0 Å². The molecule has 2 aromatic carbocycles. The number of likely N-dealkylation sites (tertiary alicyclic amines) is 1. The third-order valence-corrected chi connectivity index (χ3v) is 8.08. The van der Waals surface area contributed by atoms with Crippen LogP contribution >= 0.6 is 0 Å². The smallest absolute Gasteiger partial charge is 0.335 e. The van der Waals surface area contributed by atoms with E-state index >= 15 is 0 Å². The number of piperidine rings is 1. The Morgan fingerprint density at radius 3 is 2.55 bits per heavy atom. The molecule has 2 heterocycles. The Bertz CT molecular complexity index is 933. The van der Waals surface area contributed by atoms with Crippen LogP contribution in [0.1, 0.15) is 59.5 Å². The normalized spacial score (nSPS) is 25.6. The second-order valence-electron chi connectivity index (χ2n) is 10.3. The highest BCUT2D eigenvalue weighted by molar-refractivity contribution is 5.87. The molecule has 3 aliphatic rings. The number of aromatic carboxylic acids is 1. The molecule has 0 radical (unpaired) electrons. The highest BCUT2D eigenvalue weighted by Gasteiger charge is 2.42. The van der Waals surface area contributed by atoms with E-state index in [1.54, 1.807) is 6.07 Å². The number of nitrogens with zero attached hydrogens (tertiary/aromatic N) is 1. The van der Waals surface area contributed by atoms with Gasteiger partial charge in [-0.05, 0) is 80.3 Å². The van der Waals surface area contributed by atoms with Gasteiger partial charge in [-0.3, -0.25) is 0 Å². The number of nitrogens with one attached hydrogen (secondary N) is 1. The molecular weight excluding hydrogens is 412 g/mol. The number of carboxylic acids is 1. The van der Waals surface area contributed by atoms with E-state index in [4.69, 9.17) is 4.74 Å². The molecule has 5 heteroatoms. The molecule has 5 nitrogen and oxygen atoms in total. The maximum Gasteiger partial charge on any atom is 0.335 e. The van der Waals surface area contributed by atoms with Gasteiger partial charge in [0, 0.05) is 37.8 Å². The molecular formula is C28H36N2O3. The molecule has 1 unspecified atom stereocenters. The van der Waals surface area contributed by atoms with Gasteiger partial charge < -0.3 is 20.1 Å². The Kier molecular flexibility index (Phi) is 6.81. The average Bonchev–Trinajstić information content (AvgIpc) is 3.65. The number of benzene rings is 2. The van der Waals surface area contributed by atoms with Gasteiger partial charge in [0.25, 0.3) is 0 Å². The first-order chi connectivity index (χ1) is 16.1. The summed E-state index contributed by atoms with van der Waals surface area (Å²) in [6, 6.07) is 19.6. The standard InChI is InChI=1S/C28H36N2O3/c31-27(32)23-8-4-5-21(17-23)19-28(11-13-30(14-12-28)24-9-15-33-16-10-24)20-29-26-18-25(26)22-6-2-1-3-7-22/h1-8,17,24-26,29H,9-16,18-20H2,(H,31,32)/t25?,26-/m1/s1. The number of rotatable bonds is 8. The van der Waals surface area contributed by atoms with Crippen LogP contribution in [0.4, 0.5) is 0 Å². The van der Waals surface area contributed by atoms with Crippen LogP contribution in [0.2, 0.25) is 0 Å². The fourth-order valence-electron chi connectivity index (χ4n) is 5.91. The molecule has 33 heavy (non-hydrogen) atoms. The molecule has 0 aromatic heterocycles. The Morgan fingerprint density at radius 2 is 1.82 bits per heavy atom. The lowest BCUT2D eigenvalue weighted by Gasteiger charge is -2.46. The van der Waals surface area contributed by atoms with Crippen molar-refractivity contribution in [2.75, 3.05) is 32.8 Å². The van der Waals surface area contributed by atoms with Gasteiger partial charge in [-0.1, -0.05) is 42.5 Å². The summed E-state index contributed by atoms with van der Waals surface area (Å²) < 4.78 is 5.57. The third-order valence-electron chi connectivity index (χ3n) is 8.08. The van der Waals surface area contributed by atoms with Gasteiger partial charge in [0.1, 0.15) is 0 Å². The number of hydrogen-bond acceptors (Lipinski definition) is 4. The van der Waals surface area contributed by atoms with Crippen molar-refractivity contribution in [3.63, 3.8) is 0 Å². The maximum absolute atomic E-state index is 11.5. The summed E-state index contributed by atoms with van der Waals surface area (Å²) in [6.07, 6.45) is 6.74. The lowest BCUT2D eigenvalue weighted by atomic mass is 9.73. The molecule has 0 amide bonds. The van der Waals surface area contributed by atoms with E-state index in [0.717, 1.165) is 70.5 Å². The monoisotopic (exact) mass is 448 g/mol. The molecule has 176 valence electrons. The summed E-state index contributed by atoms with van der Waals surface area (Å²) in [4.78, 5) is 14.2. The van der Waals surface area contributed by atoms with Crippen LogP contribution < -0.4 is 5.32 Å². The zero-order chi connectivity index (χ0) is 22.7. The largest absolute Gasteiger partial charge is 0.478 e. The summed E-state index contributed by atoms with van der Waals surface area (Å²) in [5.74, 6) is -0.219. The second-order valence-corrected chi connectivity index (χ2v) is 10.3. The maximum atomic E-state index is 11.5. The Labute approximate surface area is 197 Å². The zero-order valence-corrected chi connectivity index (χ0v) is 19.4. The molecule has 2 atom stereocenters. The summed E-state index contributed by atoms with van der Waals surface area (Å²) in [5, 5.41) is 13.4. The quantitative estimate of drug-likeness (QED) is 0.629.